The van der Waals surface area contributed by atoms with Crippen molar-refractivity contribution in [3.8, 4) is 11.4 Å². The normalized spacial score (nSPS) is 11.2. The van der Waals surface area contributed by atoms with Crippen LogP contribution in [-0.2, 0) is 11.3 Å². The summed E-state index contributed by atoms with van der Waals surface area (Å²) in [5, 5.41) is 20.8. The molecule has 1 N–H and O–H groups in total. The third kappa shape index (κ3) is 2.12. The molecule has 0 amide bonds. The molecule has 0 fully saturated rings. The second kappa shape index (κ2) is 5.27. The molecule has 24 heavy (non-hydrogen) atoms. The van der Waals surface area contributed by atoms with Gasteiger partial charge in [-0.2, -0.15) is 0 Å². The molecule has 0 aliphatic heterocycles. The minimum atomic E-state index is -1.08. The fraction of sp³-hybridized carbons (Fsp3) is 0.0625. The highest BCUT2D eigenvalue weighted by atomic mass is 16.4. The smallest absolute Gasteiger partial charge is 0.325 e. The number of nitrogens with zero attached hydrogens (tertiary/aromatic N) is 4. The van der Waals surface area contributed by atoms with E-state index in [2.05, 4.69) is 15.5 Å². The quantitative estimate of drug-likeness (QED) is 0.571. The van der Waals surface area contributed by atoms with Crippen LogP contribution in [0.2, 0.25) is 0 Å². The Bertz CT molecular complexity index is 1150. The van der Waals surface area contributed by atoms with Gasteiger partial charge in [0.05, 0.1) is 10.8 Å². The van der Waals surface area contributed by atoms with E-state index in [0.717, 1.165) is 4.68 Å². The molecule has 0 radical (unpaired) electrons. The number of aliphatic carboxylic acids is 1. The zero-order chi connectivity index (χ0) is 16.7. The Balaban J connectivity index is 2.07. The van der Waals surface area contributed by atoms with Crippen molar-refractivity contribution in [3.05, 3.63) is 52.7 Å². The third-order valence-corrected chi connectivity index (χ3v) is 3.66. The van der Waals surface area contributed by atoms with Gasteiger partial charge in [-0.25, -0.2) is 4.68 Å². The van der Waals surface area contributed by atoms with E-state index in [0.29, 0.717) is 27.5 Å². The fourth-order valence-corrected chi connectivity index (χ4v) is 2.67. The number of hydrogen-bond donors (Lipinski definition) is 1. The van der Waals surface area contributed by atoms with E-state index in [1.54, 1.807) is 42.5 Å². The lowest BCUT2D eigenvalue weighted by atomic mass is 10.1. The number of rotatable bonds is 3. The van der Waals surface area contributed by atoms with Crippen molar-refractivity contribution in [2.75, 3.05) is 0 Å². The van der Waals surface area contributed by atoms with Gasteiger partial charge < -0.3 is 9.52 Å². The summed E-state index contributed by atoms with van der Waals surface area (Å²) < 4.78 is 6.92. The molecule has 0 spiro atoms. The van der Waals surface area contributed by atoms with Crippen molar-refractivity contribution in [1.29, 1.82) is 0 Å². The van der Waals surface area contributed by atoms with Gasteiger partial charge in [-0.05, 0) is 28.6 Å². The van der Waals surface area contributed by atoms with Crippen LogP contribution in [0.4, 0.5) is 0 Å². The van der Waals surface area contributed by atoms with Gasteiger partial charge in [0.25, 0.3) is 0 Å². The number of carboxylic acid groups (broad SMARTS) is 1. The predicted molar refractivity (Wildman–Crippen MR) is 84.4 cm³/mol. The van der Waals surface area contributed by atoms with Gasteiger partial charge in [-0.1, -0.05) is 24.3 Å². The summed E-state index contributed by atoms with van der Waals surface area (Å²) >= 11 is 0. The second-order valence-electron chi connectivity index (χ2n) is 5.16. The molecule has 0 saturated heterocycles. The topological polar surface area (TPSA) is 111 Å². The lowest BCUT2D eigenvalue weighted by Gasteiger charge is -2.06. The maximum absolute atomic E-state index is 12.9. The first-order valence-corrected chi connectivity index (χ1v) is 7.08. The molecule has 8 heteroatoms. The van der Waals surface area contributed by atoms with Crippen LogP contribution in [0.1, 0.15) is 0 Å². The lowest BCUT2D eigenvalue weighted by molar-refractivity contribution is -0.137. The number of fused-ring (bicyclic) bond motifs is 2. The highest BCUT2D eigenvalue weighted by Gasteiger charge is 2.18. The van der Waals surface area contributed by atoms with Gasteiger partial charge in [0, 0.05) is 5.56 Å². The maximum Gasteiger partial charge on any atom is 0.325 e. The average Bonchev–Trinajstić information content (AvgIpc) is 3.01. The van der Waals surface area contributed by atoms with E-state index in [-0.39, 0.29) is 11.3 Å². The zero-order valence-corrected chi connectivity index (χ0v) is 12.2. The Morgan fingerprint density at radius 3 is 2.75 bits per heavy atom. The van der Waals surface area contributed by atoms with E-state index in [9.17, 15) is 9.59 Å². The van der Waals surface area contributed by atoms with Gasteiger partial charge in [0.1, 0.15) is 17.7 Å². The van der Waals surface area contributed by atoms with Crippen molar-refractivity contribution in [1.82, 2.24) is 20.2 Å². The van der Waals surface area contributed by atoms with Crippen molar-refractivity contribution in [2.24, 2.45) is 0 Å². The molecule has 0 atom stereocenters. The second-order valence-corrected chi connectivity index (χ2v) is 5.16. The van der Waals surface area contributed by atoms with Crippen molar-refractivity contribution in [2.45, 2.75) is 6.54 Å². The summed E-state index contributed by atoms with van der Waals surface area (Å²) in [5.74, 6) is -0.883. The van der Waals surface area contributed by atoms with Crippen LogP contribution in [0.25, 0.3) is 33.3 Å². The lowest BCUT2D eigenvalue weighted by Crippen LogP contribution is -2.12. The first kappa shape index (κ1) is 14.1. The first-order chi connectivity index (χ1) is 11.6. The van der Waals surface area contributed by atoms with Crippen LogP contribution >= 0.6 is 0 Å². The molecule has 0 aliphatic carbocycles. The molecule has 2 aromatic heterocycles. The molecule has 0 bridgehead atoms. The van der Waals surface area contributed by atoms with Crippen LogP contribution in [0, 0.1) is 0 Å². The van der Waals surface area contributed by atoms with Crippen molar-refractivity contribution in [3.63, 3.8) is 0 Å². The maximum atomic E-state index is 12.9. The van der Waals surface area contributed by atoms with Crippen LogP contribution in [0.15, 0.2) is 51.7 Å². The molecule has 2 aromatic carbocycles. The van der Waals surface area contributed by atoms with Gasteiger partial charge >= 0.3 is 5.97 Å². The minimum Gasteiger partial charge on any atom is -0.480 e. The molecule has 4 rings (SSSR count). The SMILES string of the molecule is O=C(O)Cn1nnnc1-c1cccc2oc3ccccc3c(=O)c12. The summed E-state index contributed by atoms with van der Waals surface area (Å²) in [6.07, 6.45) is 0. The highest BCUT2D eigenvalue weighted by Crippen LogP contribution is 2.27. The number of tetrazole rings is 1. The molecule has 0 unspecified atom stereocenters. The van der Waals surface area contributed by atoms with Crippen LogP contribution in [-0.4, -0.2) is 31.3 Å². The molecule has 4 aromatic rings. The van der Waals surface area contributed by atoms with E-state index in [1.165, 1.54) is 0 Å². The molecule has 118 valence electrons. The number of aromatic nitrogens is 4. The largest absolute Gasteiger partial charge is 0.480 e. The van der Waals surface area contributed by atoms with Gasteiger partial charge in [-0.15, -0.1) is 5.10 Å². The van der Waals surface area contributed by atoms with Crippen molar-refractivity contribution < 1.29 is 14.3 Å². The summed E-state index contributed by atoms with van der Waals surface area (Å²) in [5.41, 5.74) is 1.09. The Hall–Kier alpha value is -3.55. The number of hydrogen-bond acceptors (Lipinski definition) is 6. The number of para-hydroxylation sites is 1. The summed E-state index contributed by atoms with van der Waals surface area (Å²) in [4.78, 5) is 23.8. The van der Waals surface area contributed by atoms with Crippen LogP contribution in [0.5, 0.6) is 0 Å². The number of carboxylic acids is 1. The summed E-state index contributed by atoms with van der Waals surface area (Å²) in [6.45, 7) is -0.405. The van der Waals surface area contributed by atoms with Crippen molar-refractivity contribution >= 4 is 27.9 Å². The van der Waals surface area contributed by atoms with Crippen LogP contribution in [0.3, 0.4) is 0 Å². The van der Waals surface area contributed by atoms with E-state index in [1.807, 2.05) is 0 Å². The Morgan fingerprint density at radius 1 is 1.12 bits per heavy atom. The summed E-state index contributed by atoms with van der Waals surface area (Å²) in [6, 6.07) is 12.0. The Labute approximate surface area is 133 Å². The van der Waals surface area contributed by atoms with Gasteiger partial charge in [0.15, 0.2) is 5.82 Å². The Kier molecular flexibility index (Phi) is 3.09. The predicted octanol–water partition coefficient (Wildman–Crippen LogP) is 1.68. The minimum absolute atomic E-state index is 0.200. The fourth-order valence-electron chi connectivity index (χ4n) is 2.67. The molecule has 2 heterocycles. The number of carbonyl (C=O) groups is 1. The monoisotopic (exact) mass is 322 g/mol. The molecule has 8 nitrogen and oxygen atoms in total. The standard InChI is InChI=1S/C16H10N4O4/c21-13(22)8-20-16(17-18-19-20)10-5-3-7-12-14(10)15(23)9-4-1-2-6-11(9)24-12/h1-7H,8H2,(H,21,22). The highest BCUT2D eigenvalue weighted by molar-refractivity contribution is 5.97. The van der Waals surface area contributed by atoms with E-state index in [4.69, 9.17) is 9.52 Å². The molecular formula is C16H10N4O4. The van der Waals surface area contributed by atoms with E-state index >= 15 is 0 Å². The molecular weight excluding hydrogens is 312 g/mol. The molecule has 0 aliphatic rings. The van der Waals surface area contributed by atoms with Crippen LogP contribution < -0.4 is 5.43 Å². The van der Waals surface area contributed by atoms with E-state index < -0.39 is 12.5 Å². The average molecular weight is 322 g/mol. The number of benzene rings is 2. The Morgan fingerprint density at radius 2 is 1.92 bits per heavy atom. The molecule has 0 saturated carbocycles. The first-order valence-electron chi connectivity index (χ1n) is 7.08. The summed E-state index contributed by atoms with van der Waals surface area (Å²) in [7, 11) is 0. The third-order valence-electron chi connectivity index (χ3n) is 3.66. The van der Waals surface area contributed by atoms with Gasteiger partial charge in [-0.3, -0.25) is 9.59 Å². The van der Waals surface area contributed by atoms with Gasteiger partial charge in [0.2, 0.25) is 5.43 Å². The zero-order valence-electron chi connectivity index (χ0n) is 12.2.